The molecule has 0 N–H and O–H groups in total. The quantitative estimate of drug-likeness (QED) is 0.428. The topological polar surface area (TPSA) is 39.2 Å². The summed E-state index contributed by atoms with van der Waals surface area (Å²) in [7, 11) is 0. The van der Waals surface area contributed by atoms with Crippen LogP contribution < -0.4 is 0 Å². The summed E-state index contributed by atoms with van der Waals surface area (Å²) in [5.41, 5.74) is 1.04. The molecule has 0 saturated heterocycles. The summed E-state index contributed by atoms with van der Waals surface area (Å²) in [6.07, 6.45) is 10.1. The molecule has 78 valence electrons. The van der Waals surface area contributed by atoms with Crippen molar-refractivity contribution in [1.29, 1.82) is 0 Å². The Hall–Kier alpha value is -1.90. The summed E-state index contributed by atoms with van der Waals surface area (Å²) >= 11 is 0. The molecule has 1 heterocycles. The molecule has 0 atom stereocenters. The number of esters is 1. The molecular weight excluding hydrogens is 190 g/mol. The van der Waals surface area contributed by atoms with Gasteiger partial charge in [0.15, 0.2) is 0 Å². The second-order valence-corrected chi connectivity index (χ2v) is 2.75. The molecule has 0 spiro atoms. The van der Waals surface area contributed by atoms with Crippen LogP contribution in [0.5, 0.6) is 0 Å². The lowest BCUT2D eigenvalue weighted by molar-refractivity contribution is -0.137. The number of allylic oxidation sites excluding steroid dienone is 2. The summed E-state index contributed by atoms with van der Waals surface area (Å²) in [4.78, 5) is 14.8. The Kier molecular flexibility index (Phi) is 4.87. The predicted octanol–water partition coefficient (Wildman–Crippen LogP) is 2.21. The molecule has 3 heteroatoms. The molecule has 0 aliphatic carbocycles. The molecule has 0 aliphatic rings. The van der Waals surface area contributed by atoms with E-state index in [1.807, 2.05) is 18.2 Å². The number of ether oxygens (including phenoxy) is 1. The Labute approximate surface area is 89.1 Å². The summed E-state index contributed by atoms with van der Waals surface area (Å²) < 4.78 is 4.72. The van der Waals surface area contributed by atoms with Crippen LogP contribution in [-0.4, -0.2) is 17.6 Å². The fourth-order valence-electron chi connectivity index (χ4n) is 0.966. The molecule has 0 aromatic carbocycles. The van der Waals surface area contributed by atoms with Gasteiger partial charge in [-0.05, 0) is 24.6 Å². The SMILES string of the molecule is CCOC(=O)C=CC=Cc1ccncc1. The number of hydrogen-bond donors (Lipinski definition) is 0. The first-order chi connectivity index (χ1) is 7.33. The van der Waals surface area contributed by atoms with E-state index in [4.69, 9.17) is 4.74 Å². The average molecular weight is 203 g/mol. The molecule has 1 aromatic heterocycles. The van der Waals surface area contributed by atoms with Crippen LogP contribution in [0.3, 0.4) is 0 Å². The van der Waals surface area contributed by atoms with Gasteiger partial charge in [0.25, 0.3) is 0 Å². The Balaban J connectivity index is 2.43. The van der Waals surface area contributed by atoms with E-state index < -0.39 is 0 Å². The van der Waals surface area contributed by atoms with Gasteiger partial charge in [-0.1, -0.05) is 18.2 Å². The average Bonchev–Trinajstić information content (AvgIpc) is 2.26. The molecule has 0 aliphatic heterocycles. The molecular formula is C12H13NO2. The normalized spacial score (nSPS) is 11.0. The molecule has 0 bridgehead atoms. The molecule has 0 saturated carbocycles. The molecule has 1 rings (SSSR count). The molecule has 0 amide bonds. The van der Waals surface area contributed by atoms with Crippen LogP contribution in [0, 0.1) is 0 Å². The van der Waals surface area contributed by atoms with Crippen molar-refractivity contribution in [3.63, 3.8) is 0 Å². The maximum Gasteiger partial charge on any atom is 0.330 e. The number of carbonyl (C=O) groups is 1. The van der Waals surface area contributed by atoms with E-state index in [0.717, 1.165) is 5.56 Å². The lowest BCUT2D eigenvalue weighted by atomic mass is 10.2. The van der Waals surface area contributed by atoms with Gasteiger partial charge in [-0.3, -0.25) is 4.98 Å². The molecule has 15 heavy (non-hydrogen) atoms. The van der Waals surface area contributed by atoms with Crippen LogP contribution in [0.2, 0.25) is 0 Å². The smallest absolute Gasteiger partial charge is 0.330 e. The maximum atomic E-state index is 10.9. The Bertz CT molecular complexity index is 355. The third-order valence-corrected chi connectivity index (χ3v) is 1.62. The largest absolute Gasteiger partial charge is 0.463 e. The molecule has 1 aromatic rings. The zero-order valence-corrected chi connectivity index (χ0v) is 8.59. The molecule has 3 nitrogen and oxygen atoms in total. The predicted molar refractivity (Wildman–Crippen MR) is 59.0 cm³/mol. The lowest BCUT2D eigenvalue weighted by Crippen LogP contribution is -1.98. The highest BCUT2D eigenvalue weighted by Crippen LogP contribution is 1.98. The van der Waals surface area contributed by atoms with Gasteiger partial charge in [0.2, 0.25) is 0 Å². The first-order valence-electron chi connectivity index (χ1n) is 4.74. The van der Waals surface area contributed by atoms with Crippen LogP contribution in [-0.2, 0) is 9.53 Å². The van der Waals surface area contributed by atoms with Crippen LogP contribution in [0.1, 0.15) is 12.5 Å². The van der Waals surface area contributed by atoms with Gasteiger partial charge in [-0.15, -0.1) is 0 Å². The van der Waals surface area contributed by atoms with Crippen LogP contribution in [0.15, 0.2) is 42.8 Å². The Morgan fingerprint density at radius 2 is 2.13 bits per heavy atom. The third kappa shape index (κ3) is 4.76. The lowest BCUT2D eigenvalue weighted by Gasteiger charge is -1.92. The van der Waals surface area contributed by atoms with E-state index in [0.29, 0.717) is 6.61 Å². The van der Waals surface area contributed by atoms with Crippen molar-refractivity contribution in [1.82, 2.24) is 4.98 Å². The van der Waals surface area contributed by atoms with Gasteiger partial charge >= 0.3 is 5.97 Å². The van der Waals surface area contributed by atoms with E-state index in [1.165, 1.54) is 6.08 Å². The Morgan fingerprint density at radius 3 is 2.80 bits per heavy atom. The van der Waals surface area contributed by atoms with Crippen molar-refractivity contribution in [2.45, 2.75) is 6.92 Å². The van der Waals surface area contributed by atoms with E-state index in [9.17, 15) is 4.79 Å². The summed E-state index contributed by atoms with van der Waals surface area (Å²) in [6.45, 7) is 2.18. The van der Waals surface area contributed by atoms with Crippen molar-refractivity contribution in [2.75, 3.05) is 6.61 Å². The fraction of sp³-hybridized carbons (Fsp3) is 0.167. The number of hydrogen-bond acceptors (Lipinski definition) is 3. The van der Waals surface area contributed by atoms with Gasteiger partial charge < -0.3 is 4.74 Å². The number of rotatable bonds is 4. The second-order valence-electron chi connectivity index (χ2n) is 2.75. The highest BCUT2D eigenvalue weighted by molar-refractivity contribution is 5.82. The standard InChI is InChI=1S/C12H13NO2/c1-2-15-12(14)6-4-3-5-11-7-9-13-10-8-11/h3-10H,2H2,1H3. The number of nitrogens with zero attached hydrogens (tertiary/aromatic N) is 1. The minimum atomic E-state index is -0.322. The molecule has 0 radical (unpaired) electrons. The monoisotopic (exact) mass is 203 g/mol. The maximum absolute atomic E-state index is 10.9. The summed E-state index contributed by atoms with van der Waals surface area (Å²) in [6, 6.07) is 3.77. The number of carbonyl (C=O) groups excluding carboxylic acids is 1. The molecule has 0 fully saturated rings. The van der Waals surface area contributed by atoms with E-state index in [-0.39, 0.29) is 5.97 Å². The fourth-order valence-corrected chi connectivity index (χ4v) is 0.966. The van der Waals surface area contributed by atoms with E-state index in [1.54, 1.807) is 31.5 Å². The highest BCUT2D eigenvalue weighted by atomic mass is 16.5. The van der Waals surface area contributed by atoms with Gasteiger partial charge in [-0.25, -0.2) is 4.79 Å². The highest BCUT2D eigenvalue weighted by Gasteiger charge is 1.90. The van der Waals surface area contributed by atoms with Crippen molar-refractivity contribution in [3.05, 3.63) is 48.3 Å². The zero-order chi connectivity index (χ0) is 10.9. The van der Waals surface area contributed by atoms with Gasteiger partial charge in [0.1, 0.15) is 0 Å². The van der Waals surface area contributed by atoms with Gasteiger partial charge in [-0.2, -0.15) is 0 Å². The van der Waals surface area contributed by atoms with Crippen molar-refractivity contribution >= 4 is 12.0 Å². The van der Waals surface area contributed by atoms with Crippen LogP contribution in [0.4, 0.5) is 0 Å². The summed E-state index contributed by atoms with van der Waals surface area (Å²) in [5.74, 6) is -0.322. The number of pyridine rings is 1. The van der Waals surface area contributed by atoms with Crippen LogP contribution in [0.25, 0.3) is 6.08 Å². The van der Waals surface area contributed by atoms with Crippen molar-refractivity contribution in [3.8, 4) is 0 Å². The Morgan fingerprint density at radius 1 is 1.40 bits per heavy atom. The van der Waals surface area contributed by atoms with Crippen LogP contribution >= 0.6 is 0 Å². The third-order valence-electron chi connectivity index (χ3n) is 1.62. The van der Waals surface area contributed by atoms with E-state index in [2.05, 4.69) is 4.98 Å². The summed E-state index contributed by atoms with van der Waals surface area (Å²) in [5, 5.41) is 0. The minimum absolute atomic E-state index is 0.322. The van der Waals surface area contributed by atoms with Crippen molar-refractivity contribution < 1.29 is 9.53 Å². The first kappa shape index (κ1) is 11.2. The zero-order valence-electron chi connectivity index (χ0n) is 8.59. The second kappa shape index (κ2) is 6.54. The van der Waals surface area contributed by atoms with Gasteiger partial charge in [0, 0.05) is 18.5 Å². The van der Waals surface area contributed by atoms with Crippen molar-refractivity contribution in [2.24, 2.45) is 0 Å². The van der Waals surface area contributed by atoms with Gasteiger partial charge in [0.05, 0.1) is 6.61 Å². The minimum Gasteiger partial charge on any atom is -0.463 e. The molecule has 0 unspecified atom stereocenters. The number of aromatic nitrogens is 1. The van der Waals surface area contributed by atoms with E-state index >= 15 is 0 Å². The first-order valence-corrected chi connectivity index (χ1v) is 4.74.